The molecule has 0 spiro atoms. The van der Waals surface area contributed by atoms with Gasteiger partial charge in [-0.3, -0.25) is 0 Å². The molecular weight excluding hydrogens is 238 g/mol. The van der Waals surface area contributed by atoms with Gasteiger partial charge in [0.05, 0.1) is 12.7 Å². The molecule has 1 aliphatic rings. The zero-order valence-corrected chi connectivity index (χ0v) is 12.0. The summed E-state index contributed by atoms with van der Waals surface area (Å²) in [7, 11) is 1.97. The molecule has 19 heavy (non-hydrogen) atoms. The fraction of sp³-hybridized carbons (Fsp3) is 0.625. The van der Waals surface area contributed by atoms with Gasteiger partial charge in [0.1, 0.15) is 5.75 Å². The van der Waals surface area contributed by atoms with Crippen molar-refractivity contribution in [1.82, 2.24) is 5.32 Å². The Labute approximate surface area is 116 Å². The van der Waals surface area contributed by atoms with E-state index < -0.39 is 0 Å². The Morgan fingerprint density at radius 3 is 3.11 bits per heavy atom. The Morgan fingerprint density at radius 1 is 1.47 bits per heavy atom. The highest BCUT2D eigenvalue weighted by molar-refractivity contribution is 5.30. The maximum atomic E-state index is 5.82. The topological polar surface area (TPSA) is 30.5 Å². The van der Waals surface area contributed by atoms with E-state index in [1.165, 1.54) is 18.4 Å². The summed E-state index contributed by atoms with van der Waals surface area (Å²) >= 11 is 0. The first-order valence-electron chi connectivity index (χ1n) is 7.31. The maximum Gasteiger partial charge on any atom is 0.119 e. The van der Waals surface area contributed by atoms with Crippen LogP contribution in [-0.2, 0) is 4.74 Å². The fourth-order valence-electron chi connectivity index (χ4n) is 2.41. The molecule has 0 saturated carbocycles. The van der Waals surface area contributed by atoms with E-state index in [0.29, 0.717) is 12.1 Å². The molecule has 106 valence electrons. The van der Waals surface area contributed by atoms with E-state index in [0.717, 1.165) is 31.8 Å². The van der Waals surface area contributed by atoms with Crippen molar-refractivity contribution in [3.8, 4) is 5.75 Å². The zero-order valence-electron chi connectivity index (χ0n) is 12.0. The number of hydrogen-bond acceptors (Lipinski definition) is 3. The lowest BCUT2D eigenvalue weighted by Gasteiger charge is -2.13. The zero-order chi connectivity index (χ0) is 13.5. The monoisotopic (exact) mass is 263 g/mol. The Kier molecular flexibility index (Phi) is 5.67. The van der Waals surface area contributed by atoms with Crippen LogP contribution in [0.4, 0.5) is 0 Å². The third-order valence-electron chi connectivity index (χ3n) is 3.75. The van der Waals surface area contributed by atoms with Crippen LogP contribution in [0.25, 0.3) is 0 Å². The Balaban J connectivity index is 1.72. The SMILES string of the molecule is CNC(C)c1cccc(OCCCC2CCCO2)c1. The molecule has 3 nitrogen and oxygen atoms in total. The molecule has 0 radical (unpaired) electrons. The highest BCUT2D eigenvalue weighted by Crippen LogP contribution is 2.20. The quantitative estimate of drug-likeness (QED) is 0.766. The van der Waals surface area contributed by atoms with E-state index in [4.69, 9.17) is 9.47 Å². The summed E-state index contributed by atoms with van der Waals surface area (Å²) in [6, 6.07) is 8.68. The summed E-state index contributed by atoms with van der Waals surface area (Å²) in [5, 5.41) is 3.24. The van der Waals surface area contributed by atoms with E-state index in [1.807, 2.05) is 13.1 Å². The van der Waals surface area contributed by atoms with Crippen LogP contribution in [0.5, 0.6) is 5.75 Å². The van der Waals surface area contributed by atoms with Crippen molar-refractivity contribution in [3.63, 3.8) is 0 Å². The predicted octanol–water partition coefficient (Wildman–Crippen LogP) is 3.31. The van der Waals surface area contributed by atoms with Crippen molar-refractivity contribution in [3.05, 3.63) is 29.8 Å². The minimum absolute atomic E-state index is 0.357. The maximum absolute atomic E-state index is 5.82. The first kappa shape index (κ1) is 14.4. The van der Waals surface area contributed by atoms with Gasteiger partial charge < -0.3 is 14.8 Å². The van der Waals surface area contributed by atoms with Crippen molar-refractivity contribution in [2.24, 2.45) is 0 Å². The van der Waals surface area contributed by atoms with Crippen LogP contribution in [0.1, 0.15) is 44.2 Å². The second-order valence-corrected chi connectivity index (χ2v) is 5.21. The predicted molar refractivity (Wildman–Crippen MR) is 77.6 cm³/mol. The molecule has 1 heterocycles. The van der Waals surface area contributed by atoms with Gasteiger partial charge in [0.2, 0.25) is 0 Å². The summed E-state index contributed by atoms with van der Waals surface area (Å²) in [5.41, 5.74) is 1.26. The molecule has 2 rings (SSSR count). The van der Waals surface area contributed by atoms with Gasteiger partial charge >= 0.3 is 0 Å². The Bertz CT molecular complexity index is 375. The van der Waals surface area contributed by atoms with Gasteiger partial charge in [0, 0.05) is 12.6 Å². The van der Waals surface area contributed by atoms with E-state index in [2.05, 4.69) is 30.4 Å². The molecule has 1 aromatic carbocycles. The molecule has 3 heteroatoms. The summed E-state index contributed by atoms with van der Waals surface area (Å²) < 4.78 is 11.4. The van der Waals surface area contributed by atoms with Crippen molar-refractivity contribution >= 4 is 0 Å². The van der Waals surface area contributed by atoms with Crippen molar-refractivity contribution < 1.29 is 9.47 Å². The molecule has 1 fully saturated rings. The average Bonchev–Trinajstić information content (AvgIpc) is 2.96. The van der Waals surface area contributed by atoms with Crippen molar-refractivity contribution in [1.29, 1.82) is 0 Å². The van der Waals surface area contributed by atoms with E-state index in [-0.39, 0.29) is 0 Å². The molecule has 0 aromatic heterocycles. The van der Waals surface area contributed by atoms with Crippen LogP contribution in [0.2, 0.25) is 0 Å². The van der Waals surface area contributed by atoms with Gasteiger partial charge in [-0.15, -0.1) is 0 Å². The molecular formula is C16H25NO2. The number of benzene rings is 1. The largest absolute Gasteiger partial charge is 0.494 e. The van der Waals surface area contributed by atoms with Gasteiger partial charge in [-0.1, -0.05) is 12.1 Å². The summed E-state index contributed by atoms with van der Waals surface area (Å²) in [6.07, 6.45) is 5.09. The lowest BCUT2D eigenvalue weighted by molar-refractivity contribution is 0.0981. The van der Waals surface area contributed by atoms with Crippen molar-refractivity contribution in [2.45, 2.75) is 44.8 Å². The second kappa shape index (κ2) is 7.51. The van der Waals surface area contributed by atoms with Gasteiger partial charge in [0.15, 0.2) is 0 Å². The molecule has 1 N–H and O–H groups in total. The van der Waals surface area contributed by atoms with Crippen LogP contribution in [0, 0.1) is 0 Å². The third-order valence-corrected chi connectivity index (χ3v) is 3.75. The van der Waals surface area contributed by atoms with Crippen LogP contribution < -0.4 is 10.1 Å². The van der Waals surface area contributed by atoms with Crippen LogP contribution >= 0.6 is 0 Å². The molecule has 0 aliphatic carbocycles. The molecule has 1 saturated heterocycles. The summed E-state index contributed by atoms with van der Waals surface area (Å²) in [5.74, 6) is 0.965. The van der Waals surface area contributed by atoms with Gasteiger partial charge in [0.25, 0.3) is 0 Å². The Morgan fingerprint density at radius 2 is 2.37 bits per heavy atom. The smallest absolute Gasteiger partial charge is 0.119 e. The molecule has 2 unspecified atom stereocenters. The third kappa shape index (κ3) is 4.51. The van der Waals surface area contributed by atoms with E-state index in [1.54, 1.807) is 0 Å². The lowest BCUT2D eigenvalue weighted by Crippen LogP contribution is -2.12. The standard InChI is InChI=1S/C16H25NO2/c1-13(17-2)14-6-3-7-16(12-14)19-11-5-9-15-8-4-10-18-15/h3,6-7,12-13,15,17H,4-5,8-11H2,1-2H3. The second-order valence-electron chi connectivity index (χ2n) is 5.21. The first-order valence-corrected chi connectivity index (χ1v) is 7.31. The Hall–Kier alpha value is -1.06. The number of nitrogens with one attached hydrogen (secondary N) is 1. The van der Waals surface area contributed by atoms with Crippen molar-refractivity contribution in [2.75, 3.05) is 20.3 Å². The molecule has 0 amide bonds. The molecule has 1 aliphatic heterocycles. The summed E-state index contributed by atoms with van der Waals surface area (Å²) in [6.45, 7) is 3.86. The molecule has 0 bridgehead atoms. The van der Waals surface area contributed by atoms with Gasteiger partial charge in [-0.2, -0.15) is 0 Å². The fourth-order valence-corrected chi connectivity index (χ4v) is 2.41. The molecule has 2 atom stereocenters. The highest BCUT2D eigenvalue weighted by atomic mass is 16.5. The highest BCUT2D eigenvalue weighted by Gasteiger charge is 2.14. The van der Waals surface area contributed by atoms with Gasteiger partial charge in [-0.25, -0.2) is 0 Å². The lowest BCUT2D eigenvalue weighted by atomic mass is 10.1. The van der Waals surface area contributed by atoms with E-state index in [9.17, 15) is 0 Å². The number of rotatable bonds is 7. The number of hydrogen-bond donors (Lipinski definition) is 1. The average molecular weight is 263 g/mol. The van der Waals surface area contributed by atoms with Gasteiger partial charge in [-0.05, 0) is 57.4 Å². The van der Waals surface area contributed by atoms with Crippen LogP contribution in [-0.4, -0.2) is 26.4 Å². The minimum atomic E-state index is 0.357. The first-order chi connectivity index (χ1) is 9.29. The summed E-state index contributed by atoms with van der Waals surface area (Å²) in [4.78, 5) is 0. The molecule has 1 aromatic rings. The van der Waals surface area contributed by atoms with E-state index >= 15 is 0 Å². The normalized spacial score (nSPS) is 20.4. The number of ether oxygens (including phenoxy) is 2. The van der Waals surface area contributed by atoms with Crippen LogP contribution in [0.15, 0.2) is 24.3 Å². The van der Waals surface area contributed by atoms with Crippen LogP contribution in [0.3, 0.4) is 0 Å². The minimum Gasteiger partial charge on any atom is -0.494 e.